The number of carbonyl (C=O) groups excluding carboxylic acids is 1. The van der Waals surface area contributed by atoms with Gasteiger partial charge in [-0.15, -0.1) is 0 Å². The third kappa shape index (κ3) is 4.05. The average Bonchev–Trinajstić information content (AvgIpc) is 2.97. The lowest BCUT2D eigenvalue weighted by Gasteiger charge is -2.34. The van der Waals surface area contributed by atoms with Crippen LogP contribution in [0.2, 0.25) is 0 Å². The lowest BCUT2D eigenvalue weighted by atomic mass is 9.93. The van der Waals surface area contributed by atoms with Crippen molar-refractivity contribution in [2.24, 2.45) is 10.7 Å². The number of guanidine groups is 1. The average molecular weight is 463 g/mol. The lowest BCUT2D eigenvalue weighted by Crippen LogP contribution is -2.50. The van der Waals surface area contributed by atoms with Crippen molar-refractivity contribution < 1.29 is 27.1 Å². The summed E-state index contributed by atoms with van der Waals surface area (Å²) in [5.41, 5.74) is 4.60. The Labute approximate surface area is 184 Å². The molecule has 1 aromatic heterocycles. The Hall–Kier alpha value is -3.41. The Morgan fingerprint density at radius 3 is 2.69 bits per heavy atom. The molecule has 0 spiro atoms. The summed E-state index contributed by atoms with van der Waals surface area (Å²) in [6.45, 7) is 2.43. The quantitative estimate of drug-likeness (QED) is 0.703. The number of ether oxygens (including phenoxy) is 2. The van der Waals surface area contributed by atoms with E-state index in [1.54, 1.807) is 0 Å². The third-order valence-corrected chi connectivity index (χ3v) is 7.19. The molecule has 32 heavy (non-hydrogen) atoms. The van der Waals surface area contributed by atoms with Crippen molar-refractivity contribution in [2.45, 2.75) is 18.9 Å². The van der Waals surface area contributed by atoms with E-state index in [2.05, 4.69) is 15.3 Å². The van der Waals surface area contributed by atoms with Crippen LogP contribution in [0.1, 0.15) is 29.4 Å². The van der Waals surface area contributed by atoms with E-state index in [0.717, 1.165) is 10.4 Å². The SMILES string of the molecule is CN1C(N)=N[C@](C)(c2cc(NC(=O)c3cc4c(cn3)OCCCO4)ccc2F)CS1(=O)=O. The van der Waals surface area contributed by atoms with Crippen LogP contribution >= 0.6 is 0 Å². The predicted molar refractivity (Wildman–Crippen MR) is 115 cm³/mol. The van der Waals surface area contributed by atoms with Gasteiger partial charge in [0.1, 0.15) is 17.1 Å². The summed E-state index contributed by atoms with van der Waals surface area (Å²) >= 11 is 0. The molecule has 2 aromatic rings. The molecule has 0 saturated heterocycles. The molecular weight excluding hydrogens is 441 g/mol. The predicted octanol–water partition coefficient (Wildman–Crippen LogP) is 1.44. The molecule has 12 heteroatoms. The zero-order valence-corrected chi connectivity index (χ0v) is 18.3. The monoisotopic (exact) mass is 463 g/mol. The number of rotatable bonds is 3. The molecule has 1 amide bonds. The molecule has 10 nitrogen and oxygen atoms in total. The van der Waals surface area contributed by atoms with Gasteiger partial charge in [-0.1, -0.05) is 0 Å². The van der Waals surface area contributed by atoms with Gasteiger partial charge in [0, 0.05) is 30.8 Å². The zero-order valence-electron chi connectivity index (χ0n) is 17.5. The van der Waals surface area contributed by atoms with Gasteiger partial charge in [0.15, 0.2) is 11.5 Å². The summed E-state index contributed by atoms with van der Waals surface area (Å²) in [7, 11) is -2.51. The molecule has 2 aliphatic heterocycles. The molecule has 0 radical (unpaired) electrons. The third-order valence-electron chi connectivity index (χ3n) is 5.24. The fraction of sp³-hybridized carbons (Fsp3) is 0.350. The van der Waals surface area contributed by atoms with Crippen molar-refractivity contribution in [1.82, 2.24) is 9.29 Å². The Kier molecular flexibility index (Phi) is 5.41. The minimum atomic E-state index is -3.79. The minimum Gasteiger partial charge on any atom is -0.489 e. The molecule has 0 bridgehead atoms. The van der Waals surface area contributed by atoms with E-state index in [1.165, 1.54) is 38.4 Å². The highest BCUT2D eigenvalue weighted by atomic mass is 32.2. The summed E-state index contributed by atoms with van der Waals surface area (Å²) in [4.78, 5) is 21.0. The van der Waals surface area contributed by atoms with Crippen LogP contribution in [-0.2, 0) is 15.6 Å². The van der Waals surface area contributed by atoms with Gasteiger partial charge in [0.05, 0.1) is 25.2 Å². The van der Waals surface area contributed by atoms with Gasteiger partial charge in [-0.2, -0.15) is 0 Å². The van der Waals surface area contributed by atoms with Gasteiger partial charge in [0.25, 0.3) is 5.91 Å². The number of anilines is 1. The highest BCUT2D eigenvalue weighted by Crippen LogP contribution is 2.35. The lowest BCUT2D eigenvalue weighted by molar-refractivity contribution is 0.102. The van der Waals surface area contributed by atoms with E-state index in [1.807, 2.05) is 0 Å². The zero-order chi connectivity index (χ0) is 23.1. The van der Waals surface area contributed by atoms with Crippen LogP contribution < -0.4 is 20.5 Å². The van der Waals surface area contributed by atoms with E-state index < -0.39 is 33.0 Å². The molecule has 0 aliphatic carbocycles. The van der Waals surface area contributed by atoms with Gasteiger partial charge in [0.2, 0.25) is 16.0 Å². The minimum absolute atomic E-state index is 0.0125. The van der Waals surface area contributed by atoms with E-state index >= 15 is 0 Å². The first-order valence-corrected chi connectivity index (χ1v) is 11.4. The maximum absolute atomic E-state index is 14.7. The van der Waals surface area contributed by atoms with Crippen LogP contribution in [0.15, 0.2) is 35.5 Å². The normalized spacial score (nSPS) is 22.0. The van der Waals surface area contributed by atoms with Crippen LogP contribution in [-0.4, -0.2) is 55.6 Å². The molecule has 0 fully saturated rings. The van der Waals surface area contributed by atoms with E-state index in [-0.39, 0.29) is 22.9 Å². The first-order chi connectivity index (χ1) is 15.1. The smallest absolute Gasteiger partial charge is 0.274 e. The number of nitrogens with zero attached hydrogens (tertiary/aromatic N) is 3. The number of hydrogen-bond donors (Lipinski definition) is 2. The number of amides is 1. The van der Waals surface area contributed by atoms with Gasteiger partial charge in [-0.25, -0.2) is 27.1 Å². The van der Waals surface area contributed by atoms with Crippen LogP contribution in [0.4, 0.5) is 10.1 Å². The standard InChI is InChI=1S/C20H22FN5O5S/c1-20(11-32(28,29)26(2)19(22)25-20)13-8-12(4-5-14(13)21)24-18(27)15-9-16-17(10-23-15)31-7-3-6-30-16/h4-5,8-10H,3,6-7,11H2,1-2H3,(H2,22,25)(H,24,27)/t20-/m0/s1. The van der Waals surface area contributed by atoms with Crippen LogP contribution in [0.3, 0.4) is 0 Å². The molecule has 4 rings (SSSR count). The fourth-order valence-electron chi connectivity index (χ4n) is 3.49. The number of aliphatic imine (C=N–C) groups is 1. The van der Waals surface area contributed by atoms with E-state index in [4.69, 9.17) is 15.2 Å². The highest BCUT2D eigenvalue weighted by molar-refractivity contribution is 7.89. The number of carbonyl (C=O) groups is 1. The Bertz CT molecular complexity index is 1220. The number of nitrogens with one attached hydrogen (secondary N) is 1. The maximum atomic E-state index is 14.7. The molecule has 3 N–H and O–H groups in total. The largest absolute Gasteiger partial charge is 0.489 e. The van der Waals surface area contributed by atoms with Crippen molar-refractivity contribution in [1.29, 1.82) is 0 Å². The Balaban J connectivity index is 1.62. The second-order valence-electron chi connectivity index (χ2n) is 7.68. The van der Waals surface area contributed by atoms with E-state index in [0.29, 0.717) is 31.1 Å². The van der Waals surface area contributed by atoms with E-state index in [9.17, 15) is 17.6 Å². The molecule has 1 aromatic carbocycles. The van der Waals surface area contributed by atoms with Crippen molar-refractivity contribution in [3.05, 3.63) is 47.5 Å². The van der Waals surface area contributed by atoms with Crippen LogP contribution in [0.25, 0.3) is 0 Å². The van der Waals surface area contributed by atoms with Gasteiger partial charge in [-0.3, -0.25) is 4.79 Å². The Morgan fingerprint density at radius 2 is 1.97 bits per heavy atom. The molecule has 0 unspecified atom stereocenters. The summed E-state index contributed by atoms with van der Waals surface area (Å²) in [5.74, 6) is -1.08. The van der Waals surface area contributed by atoms with Gasteiger partial charge in [-0.05, 0) is 25.1 Å². The number of halogens is 1. The molecule has 3 heterocycles. The van der Waals surface area contributed by atoms with Crippen LogP contribution in [0, 0.1) is 5.82 Å². The number of benzene rings is 1. The molecular formula is C20H22FN5O5S. The van der Waals surface area contributed by atoms with Crippen molar-refractivity contribution >= 4 is 27.6 Å². The molecule has 170 valence electrons. The number of nitrogens with two attached hydrogens (primary N) is 1. The maximum Gasteiger partial charge on any atom is 0.274 e. The Morgan fingerprint density at radius 1 is 1.25 bits per heavy atom. The molecule has 2 aliphatic rings. The van der Waals surface area contributed by atoms with Gasteiger partial charge < -0.3 is 20.5 Å². The highest BCUT2D eigenvalue weighted by Gasteiger charge is 2.41. The second kappa shape index (κ2) is 7.93. The fourth-order valence-corrected chi connectivity index (χ4v) is 4.94. The number of hydrogen-bond acceptors (Lipinski definition) is 8. The molecule has 1 atom stereocenters. The number of pyridine rings is 1. The van der Waals surface area contributed by atoms with Gasteiger partial charge >= 0.3 is 0 Å². The summed E-state index contributed by atoms with van der Waals surface area (Å²) < 4.78 is 51.5. The topological polar surface area (TPSA) is 136 Å². The first-order valence-electron chi connectivity index (χ1n) is 9.78. The summed E-state index contributed by atoms with van der Waals surface area (Å²) in [6, 6.07) is 5.30. The molecule has 0 saturated carbocycles. The summed E-state index contributed by atoms with van der Waals surface area (Å²) in [5, 5.41) is 2.64. The van der Waals surface area contributed by atoms with Crippen molar-refractivity contribution in [3.8, 4) is 11.5 Å². The number of aromatic nitrogens is 1. The number of sulfonamides is 1. The second-order valence-corrected chi connectivity index (χ2v) is 9.68. The van der Waals surface area contributed by atoms with Crippen molar-refractivity contribution in [2.75, 3.05) is 31.3 Å². The first kappa shape index (κ1) is 21.8. The summed E-state index contributed by atoms with van der Waals surface area (Å²) in [6.07, 6.45) is 2.12. The van der Waals surface area contributed by atoms with Crippen LogP contribution in [0.5, 0.6) is 11.5 Å². The van der Waals surface area contributed by atoms with Crippen molar-refractivity contribution in [3.63, 3.8) is 0 Å². The number of fused-ring (bicyclic) bond motifs is 1.